The van der Waals surface area contributed by atoms with Gasteiger partial charge in [-0.25, -0.2) is 4.79 Å². The van der Waals surface area contributed by atoms with E-state index in [1.807, 2.05) is 6.08 Å². The Hall–Kier alpha value is -2.14. The molecule has 4 rings (SSSR count). The number of allylic oxidation sites excluding steroid dienone is 3. The molecule has 3 unspecified atom stereocenters. The van der Waals surface area contributed by atoms with E-state index in [-0.39, 0.29) is 12.0 Å². The average molecular weight is 617 g/mol. The molecule has 0 aromatic rings. The Bertz CT molecular complexity index is 1190. The lowest BCUT2D eigenvalue weighted by atomic mass is 9.54. The minimum absolute atomic E-state index is 0.0991. The number of esters is 1. The van der Waals surface area contributed by atoms with Gasteiger partial charge >= 0.3 is 5.97 Å². The molecule has 0 bridgehead atoms. The van der Waals surface area contributed by atoms with Gasteiger partial charge in [0.15, 0.2) is 11.4 Å². The summed E-state index contributed by atoms with van der Waals surface area (Å²) in [5.74, 6) is -4.83. The number of aliphatic hydroxyl groups excluding tert-OH is 2. The second kappa shape index (κ2) is 13.3. The van der Waals surface area contributed by atoms with Crippen LogP contribution in [-0.4, -0.2) is 84.6 Å². The Morgan fingerprint density at radius 3 is 2.36 bits per heavy atom. The van der Waals surface area contributed by atoms with Crippen molar-refractivity contribution in [3.8, 4) is 0 Å². The molecule has 10 atom stereocenters. The molecule has 3 aliphatic carbocycles. The van der Waals surface area contributed by atoms with Crippen molar-refractivity contribution in [2.75, 3.05) is 6.61 Å². The monoisotopic (exact) mass is 616 g/mol. The first kappa shape index (κ1) is 34.7. The standard InChI is InChI=1S/C35H52O9/c1-6-7-8-9-10-11-12-13-14-15-16-17-18-26(37)43-29-27-30-33(21-36,44-30)31(39)35(42)25(19-23(4)28(35)38)34(27,41)24(5)20-32(29,40)22(2)3/h15-19,24-25,27,29-31,36,39-42H,2,6-14,20-21H2,1,3-5H3/b16-15+,18-17+/t24-,25?,27?,29?,30+,31-,32-,33+,34+,35-/m1/s1. The van der Waals surface area contributed by atoms with Gasteiger partial charge in [0.2, 0.25) is 0 Å². The molecule has 4 aliphatic rings. The van der Waals surface area contributed by atoms with Crippen LogP contribution in [0.25, 0.3) is 0 Å². The highest BCUT2D eigenvalue weighted by atomic mass is 16.6. The van der Waals surface area contributed by atoms with E-state index in [4.69, 9.17) is 9.47 Å². The van der Waals surface area contributed by atoms with Crippen molar-refractivity contribution in [1.82, 2.24) is 0 Å². The van der Waals surface area contributed by atoms with E-state index in [2.05, 4.69) is 13.5 Å². The molecule has 0 spiro atoms. The molecule has 9 nitrogen and oxygen atoms in total. The summed E-state index contributed by atoms with van der Waals surface area (Å²) in [6.45, 7) is 10.1. The predicted molar refractivity (Wildman–Crippen MR) is 165 cm³/mol. The van der Waals surface area contributed by atoms with E-state index in [1.165, 1.54) is 57.6 Å². The number of carbonyl (C=O) groups excluding carboxylic acids is 2. The zero-order valence-corrected chi connectivity index (χ0v) is 26.7. The van der Waals surface area contributed by atoms with Crippen molar-refractivity contribution in [2.24, 2.45) is 17.8 Å². The smallest absolute Gasteiger partial charge is 0.331 e. The Balaban J connectivity index is 1.53. The van der Waals surface area contributed by atoms with Crippen LogP contribution in [0.1, 0.15) is 91.9 Å². The molecule has 0 amide bonds. The summed E-state index contributed by atoms with van der Waals surface area (Å²) >= 11 is 0. The van der Waals surface area contributed by atoms with Crippen molar-refractivity contribution in [3.05, 3.63) is 48.1 Å². The summed E-state index contributed by atoms with van der Waals surface area (Å²) in [6, 6.07) is 0. The van der Waals surface area contributed by atoms with Crippen LogP contribution in [0.3, 0.4) is 0 Å². The van der Waals surface area contributed by atoms with E-state index in [0.717, 1.165) is 19.3 Å². The van der Waals surface area contributed by atoms with Gasteiger partial charge in [-0.1, -0.05) is 89.7 Å². The molecule has 5 N–H and O–H groups in total. The fraction of sp³-hybridized carbons (Fsp3) is 0.714. The van der Waals surface area contributed by atoms with Gasteiger partial charge in [0.05, 0.1) is 18.1 Å². The van der Waals surface area contributed by atoms with Crippen LogP contribution >= 0.6 is 0 Å². The summed E-state index contributed by atoms with van der Waals surface area (Å²) in [5.41, 5.74) is -7.60. The molecule has 1 aliphatic heterocycles. The zero-order chi connectivity index (χ0) is 32.5. The van der Waals surface area contributed by atoms with Gasteiger partial charge < -0.3 is 35.0 Å². The molecule has 44 heavy (non-hydrogen) atoms. The van der Waals surface area contributed by atoms with Gasteiger partial charge in [-0.3, -0.25) is 4.79 Å². The number of hydrogen-bond acceptors (Lipinski definition) is 9. The molecule has 2 saturated carbocycles. The van der Waals surface area contributed by atoms with Crippen molar-refractivity contribution >= 4 is 11.8 Å². The van der Waals surface area contributed by atoms with Crippen molar-refractivity contribution in [3.63, 3.8) is 0 Å². The minimum atomic E-state index is -2.48. The van der Waals surface area contributed by atoms with Gasteiger partial charge in [-0.2, -0.15) is 0 Å². The Morgan fingerprint density at radius 1 is 1.11 bits per heavy atom. The third-order valence-corrected chi connectivity index (χ3v) is 10.8. The Labute approximate surface area is 261 Å². The SMILES string of the molecule is C=C(C)[C@]1(O)C[C@@H](C)[C@@]2(O)C(C1OC(=O)/C=C/C=C/CCCCCCCCCC)[C@@H]1O[C@]1(CO)[C@@H](O)[C@]1(O)C(=O)C(C)=CC21. The normalized spacial score (nSPS) is 41.2. The first-order valence-corrected chi connectivity index (χ1v) is 16.3. The van der Waals surface area contributed by atoms with E-state index in [0.29, 0.717) is 5.57 Å². The van der Waals surface area contributed by atoms with Crippen molar-refractivity contribution in [2.45, 2.75) is 133 Å². The maximum atomic E-state index is 13.3. The van der Waals surface area contributed by atoms with E-state index in [9.17, 15) is 35.1 Å². The van der Waals surface area contributed by atoms with Gasteiger partial charge in [0.25, 0.3) is 0 Å². The number of fused-ring (bicyclic) bond motifs is 5. The van der Waals surface area contributed by atoms with Gasteiger partial charge in [-0.15, -0.1) is 0 Å². The summed E-state index contributed by atoms with van der Waals surface area (Å²) < 4.78 is 11.8. The second-order valence-corrected chi connectivity index (χ2v) is 13.7. The van der Waals surface area contributed by atoms with Gasteiger partial charge in [0, 0.05) is 12.0 Å². The lowest BCUT2D eigenvalue weighted by molar-refractivity contribution is -0.252. The Morgan fingerprint density at radius 2 is 1.75 bits per heavy atom. The highest BCUT2D eigenvalue weighted by molar-refractivity contribution is 6.05. The molecule has 0 aromatic heterocycles. The molecule has 0 radical (unpaired) electrons. The molecule has 246 valence electrons. The van der Waals surface area contributed by atoms with E-state index < -0.39 is 76.8 Å². The fourth-order valence-corrected chi connectivity index (χ4v) is 8.06. The number of epoxide rings is 1. The second-order valence-electron chi connectivity index (χ2n) is 13.7. The summed E-state index contributed by atoms with van der Waals surface area (Å²) in [4.78, 5) is 26.4. The fourth-order valence-electron chi connectivity index (χ4n) is 8.06. The molecule has 3 fully saturated rings. The van der Waals surface area contributed by atoms with Crippen LogP contribution < -0.4 is 0 Å². The van der Waals surface area contributed by atoms with E-state index >= 15 is 0 Å². The molecule has 1 saturated heterocycles. The van der Waals surface area contributed by atoms with Crippen LogP contribution in [0.5, 0.6) is 0 Å². The first-order valence-electron chi connectivity index (χ1n) is 16.3. The van der Waals surface area contributed by atoms with Crippen LogP contribution in [0, 0.1) is 17.8 Å². The van der Waals surface area contributed by atoms with Crippen molar-refractivity contribution in [1.29, 1.82) is 0 Å². The molecule has 1 heterocycles. The number of Topliss-reactive ketones (excluding diaryl/α,β-unsaturated/α-hetero) is 1. The number of unbranched alkanes of at least 4 members (excludes halogenated alkanes) is 8. The number of ketones is 1. The minimum Gasteiger partial charge on any atom is -0.455 e. The van der Waals surface area contributed by atoms with E-state index in [1.54, 1.807) is 26.0 Å². The van der Waals surface area contributed by atoms with Crippen LogP contribution in [0.4, 0.5) is 0 Å². The van der Waals surface area contributed by atoms with Crippen LogP contribution in [0.2, 0.25) is 0 Å². The molecule has 9 heteroatoms. The summed E-state index contributed by atoms with van der Waals surface area (Å²) in [7, 11) is 0. The third-order valence-electron chi connectivity index (χ3n) is 10.8. The lowest BCUT2D eigenvalue weighted by Gasteiger charge is -2.57. The summed E-state index contributed by atoms with van der Waals surface area (Å²) in [6.07, 6.45) is 14.2. The lowest BCUT2D eigenvalue weighted by Crippen LogP contribution is -2.71. The number of hydrogen-bond donors (Lipinski definition) is 5. The van der Waals surface area contributed by atoms with Crippen molar-refractivity contribution < 1.29 is 44.6 Å². The predicted octanol–water partition coefficient (Wildman–Crippen LogP) is 3.62. The maximum absolute atomic E-state index is 13.3. The number of ether oxygens (including phenoxy) is 2. The molecular weight excluding hydrogens is 564 g/mol. The number of carbonyl (C=O) groups is 2. The quantitative estimate of drug-likeness (QED) is 0.0491. The molecule has 0 aromatic carbocycles. The third kappa shape index (κ3) is 5.69. The first-order chi connectivity index (χ1) is 20.8. The van der Waals surface area contributed by atoms with Gasteiger partial charge in [0.1, 0.15) is 29.5 Å². The maximum Gasteiger partial charge on any atom is 0.331 e. The van der Waals surface area contributed by atoms with Crippen LogP contribution in [-0.2, 0) is 19.1 Å². The average Bonchev–Trinajstić information content (AvgIpc) is 3.67. The highest BCUT2D eigenvalue weighted by Crippen LogP contribution is 2.65. The zero-order valence-electron chi connectivity index (χ0n) is 26.7. The summed E-state index contributed by atoms with van der Waals surface area (Å²) in [5, 5.41) is 58.1. The number of rotatable bonds is 14. The van der Waals surface area contributed by atoms with Gasteiger partial charge in [-0.05, 0) is 50.2 Å². The highest BCUT2D eigenvalue weighted by Gasteiger charge is 2.83. The van der Waals surface area contributed by atoms with Crippen LogP contribution in [0.15, 0.2) is 48.1 Å². The molecular formula is C35H52O9. The Kier molecular flexibility index (Phi) is 10.5. The topological polar surface area (TPSA) is 157 Å². The number of aliphatic hydroxyl groups is 5. The largest absolute Gasteiger partial charge is 0.455 e.